The van der Waals surface area contributed by atoms with Crippen LogP contribution in [0.3, 0.4) is 0 Å². The van der Waals surface area contributed by atoms with Crippen molar-refractivity contribution in [3.8, 4) is 5.75 Å². The molecule has 1 heterocycles. The van der Waals surface area contributed by atoms with Gasteiger partial charge in [-0.2, -0.15) is 5.10 Å². The monoisotopic (exact) mass is 320 g/mol. The Morgan fingerprint density at radius 1 is 1.33 bits per heavy atom. The molecule has 0 fully saturated rings. The first-order valence-electron chi connectivity index (χ1n) is 7.63. The van der Waals surface area contributed by atoms with Crippen LogP contribution in [0.4, 0.5) is 5.82 Å². The van der Waals surface area contributed by atoms with E-state index in [9.17, 15) is 0 Å². The van der Waals surface area contributed by atoms with Crippen molar-refractivity contribution in [2.75, 3.05) is 12.8 Å². The van der Waals surface area contributed by atoms with Gasteiger partial charge in [-0.3, -0.25) is 5.10 Å². The van der Waals surface area contributed by atoms with Crippen molar-refractivity contribution in [2.24, 2.45) is 0 Å². The van der Waals surface area contributed by atoms with Crippen LogP contribution in [0.5, 0.6) is 5.75 Å². The minimum atomic E-state index is 0.508. The molecule has 1 aromatic heterocycles. The Labute approximate surface area is 140 Å². The number of hydrogen-bond donors (Lipinski definition) is 3. The first-order valence-corrected chi connectivity index (χ1v) is 7.63. The fourth-order valence-electron chi connectivity index (χ4n) is 2.47. The van der Waals surface area contributed by atoms with Crippen molar-refractivity contribution in [2.45, 2.75) is 6.54 Å². The van der Waals surface area contributed by atoms with Gasteiger partial charge in [-0.15, -0.1) is 0 Å². The maximum Gasteiger partial charge on any atom is 0.153 e. The lowest BCUT2D eigenvalue weighted by molar-refractivity contribution is 0.408. The molecule has 122 valence electrons. The normalized spacial score (nSPS) is 11.0. The number of nitrogens with zero attached hydrogens (tertiary/aromatic N) is 1. The molecule has 0 aliphatic heterocycles. The number of nitrogens with one attached hydrogen (secondary N) is 2. The summed E-state index contributed by atoms with van der Waals surface area (Å²) in [6, 6.07) is 13.9. The second kappa shape index (κ2) is 6.91. The third kappa shape index (κ3) is 3.41. The second-order valence-corrected chi connectivity index (χ2v) is 5.44. The highest BCUT2D eigenvalue weighted by atomic mass is 16.5. The molecule has 24 heavy (non-hydrogen) atoms. The summed E-state index contributed by atoms with van der Waals surface area (Å²) in [7, 11) is 1.67. The molecule has 3 rings (SSSR count). The molecule has 0 spiro atoms. The highest BCUT2D eigenvalue weighted by Crippen LogP contribution is 2.20. The standard InChI is InChI=1S/C19H20N4O/c1-13(21-12-15-5-3-4-6-18(15)24-2)7-8-14-9-10-17-16(11-14)19(20)23-22-17/h3-11,21H,1,12H2,2H3,(H3,20,22,23)/b8-7+. The van der Waals surface area contributed by atoms with E-state index >= 15 is 0 Å². The first kappa shape index (κ1) is 15.7. The van der Waals surface area contributed by atoms with E-state index in [-0.39, 0.29) is 0 Å². The number of H-pyrrole nitrogens is 1. The van der Waals surface area contributed by atoms with Crippen LogP contribution in [0.1, 0.15) is 11.1 Å². The number of rotatable bonds is 6. The molecule has 0 amide bonds. The van der Waals surface area contributed by atoms with E-state index in [2.05, 4.69) is 22.1 Å². The average molecular weight is 320 g/mol. The lowest BCUT2D eigenvalue weighted by atomic mass is 10.1. The van der Waals surface area contributed by atoms with Crippen LogP contribution in [0, 0.1) is 0 Å². The minimum absolute atomic E-state index is 0.508. The van der Waals surface area contributed by atoms with Gasteiger partial charge in [0.15, 0.2) is 5.82 Å². The Hall–Kier alpha value is -3.21. The van der Waals surface area contributed by atoms with Crippen LogP contribution >= 0.6 is 0 Å². The molecular weight excluding hydrogens is 300 g/mol. The zero-order valence-corrected chi connectivity index (χ0v) is 13.5. The Morgan fingerprint density at radius 2 is 2.17 bits per heavy atom. The van der Waals surface area contributed by atoms with Crippen LogP contribution in [0.15, 0.2) is 60.8 Å². The van der Waals surface area contributed by atoms with Gasteiger partial charge in [0, 0.05) is 23.2 Å². The fourth-order valence-corrected chi connectivity index (χ4v) is 2.47. The Bertz CT molecular complexity index is 895. The SMILES string of the molecule is C=C(/C=C/c1ccc2[nH]nc(N)c2c1)NCc1ccccc1OC. The molecule has 3 aromatic rings. The van der Waals surface area contributed by atoms with Crippen LogP contribution < -0.4 is 15.8 Å². The van der Waals surface area contributed by atoms with E-state index in [0.717, 1.165) is 33.5 Å². The summed E-state index contributed by atoms with van der Waals surface area (Å²) >= 11 is 0. The number of hydrogen-bond acceptors (Lipinski definition) is 4. The molecule has 2 aromatic carbocycles. The predicted octanol–water partition coefficient (Wildman–Crippen LogP) is 3.47. The molecule has 0 bridgehead atoms. The number of fused-ring (bicyclic) bond motifs is 1. The lowest BCUT2D eigenvalue weighted by Gasteiger charge is -2.10. The van der Waals surface area contributed by atoms with Crippen LogP contribution in [0.25, 0.3) is 17.0 Å². The minimum Gasteiger partial charge on any atom is -0.496 e. The Balaban J connectivity index is 1.65. The molecule has 0 radical (unpaired) electrons. The van der Waals surface area contributed by atoms with Gasteiger partial charge in [0.25, 0.3) is 0 Å². The molecule has 0 aliphatic carbocycles. The third-order valence-electron chi connectivity index (χ3n) is 3.79. The van der Waals surface area contributed by atoms with Gasteiger partial charge in [0.05, 0.1) is 12.6 Å². The van der Waals surface area contributed by atoms with Gasteiger partial charge in [-0.25, -0.2) is 0 Å². The molecule has 0 unspecified atom stereocenters. The van der Waals surface area contributed by atoms with Gasteiger partial charge in [0.2, 0.25) is 0 Å². The molecule has 5 heteroatoms. The second-order valence-electron chi connectivity index (χ2n) is 5.44. The maximum atomic E-state index is 5.83. The smallest absolute Gasteiger partial charge is 0.153 e. The van der Waals surface area contributed by atoms with Crippen molar-refractivity contribution in [3.05, 3.63) is 71.9 Å². The number of aromatic nitrogens is 2. The largest absolute Gasteiger partial charge is 0.496 e. The Morgan fingerprint density at radius 3 is 3.00 bits per heavy atom. The van der Waals surface area contributed by atoms with Crippen molar-refractivity contribution >= 4 is 22.8 Å². The highest BCUT2D eigenvalue weighted by molar-refractivity contribution is 5.90. The number of ether oxygens (including phenoxy) is 1. The number of nitrogen functional groups attached to an aromatic ring is 1. The van der Waals surface area contributed by atoms with Crippen LogP contribution in [-0.4, -0.2) is 17.3 Å². The molecular formula is C19H20N4O. The van der Waals surface area contributed by atoms with E-state index in [4.69, 9.17) is 10.5 Å². The van der Waals surface area contributed by atoms with Gasteiger partial charge in [0.1, 0.15) is 5.75 Å². The number of para-hydroxylation sites is 1. The zero-order valence-electron chi connectivity index (χ0n) is 13.5. The quantitative estimate of drug-likeness (QED) is 0.608. The van der Waals surface area contributed by atoms with E-state index in [1.807, 2.05) is 54.6 Å². The number of aromatic amines is 1. The molecule has 0 atom stereocenters. The summed E-state index contributed by atoms with van der Waals surface area (Å²) in [5.41, 5.74) is 9.70. The van der Waals surface area contributed by atoms with Gasteiger partial charge < -0.3 is 15.8 Å². The number of anilines is 1. The summed E-state index contributed by atoms with van der Waals surface area (Å²) in [6.45, 7) is 4.68. The van der Waals surface area contributed by atoms with Gasteiger partial charge >= 0.3 is 0 Å². The number of methoxy groups -OCH3 is 1. The van der Waals surface area contributed by atoms with Gasteiger partial charge in [-0.05, 0) is 29.8 Å². The summed E-state index contributed by atoms with van der Waals surface area (Å²) < 4.78 is 5.34. The van der Waals surface area contributed by atoms with Crippen molar-refractivity contribution in [1.29, 1.82) is 0 Å². The topological polar surface area (TPSA) is 76.0 Å². The fraction of sp³-hybridized carbons (Fsp3) is 0.105. The van der Waals surface area contributed by atoms with Crippen LogP contribution in [0.2, 0.25) is 0 Å². The zero-order chi connectivity index (χ0) is 16.9. The van der Waals surface area contributed by atoms with Crippen molar-refractivity contribution < 1.29 is 4.74 Å². The summed E-state index contributed by atoms with van der Waals surface area (Å²) in [6.07, 6.45) is 3.93. The Kier molecular flexibility index (Phi) is 4.52. The van der Waals surface area contributed by atoms with E-state index in [1.165, 1.54) is 0 Å². The highest BCUT2D eigenvalue weighted by Gasteiger charge is 2.02. The molecule has 4 N–H and O–H groups in total. The summed E-state index contributed by atoms with van der Waals surface area (Å²) in [5.74, 6) is 1.37. The lowest BCUT2D eigenvalue weighted by Crippen LogP contribution is -2.11. The van der Waals surface area contributed by atoms with Gasteiger partial charge in [-0.1, -0.05) is 36.9 Å². The maximum absolute atomic E-state index is 5.83. The van der Waals surface area contributed by atoms with E-state index in [0.29, 0.717) is 12.4 Å². The summed E-state index contributed by atoms with van der Waals surface area (Å²) in [4.78, 5) is 0. The molecule has 5 nitrogen and oxygen atoms in total. The van der Waals surface area contributed by atoms with E-state index in [1.54, 1.807) is 7.11 Å². The van der Waals surface area contributed by atoms with Crippen LogP contribution in [-0.2, 0) is 6.54 Å². The molecule has 0 saturated carbocycles. The average Bonchev–Trinajstić information content (AvgIpc) is 2.99. The first-order chi connectivity index (χ1) is 11.7. The van der Waals surface area contributed by atoms with Crippen molar-refractivity contribution in [1.82, 2.24) is 15.5 Å². The molecule has 0 saturated heterocycles. The summed E-state index contributed by atoms with van der Waals surface area (Å²) in [5, 5.41) is 11.1. The predicted molar refractivity (Wildman–Crippen MR) is 98.5 cm³/mol. The third-order valence-corrected chi connectivity index (χ3v) is 3.79. The number of benzene rings is 2. The van der Waals surface area contributed by atoms with E-state index < -0.39 is 0 Å². The molecule has 0 aliphatic rings. The number of allylic oxidation sites excluding steroid dienone is 1. The number of nitrogens with two attached hydrogens (primary N) is 1. The van der Waals surface area contributed by atoms with Crippen molar-refractivity contribution in [3.63, 3.8) is 0 Å².